The summed E-state index contributed by atoms with van der Waals surface area (Å²) in [6.07, 6.45) is 3.96. The molecular weight excluding hydrogens is 423 g/mol. The zero-order valence-corrected chi connectivity index (χ0v) is 17.9. The first-order valence-corrected chi connectivity index (χ1v) is 11.4. The van der Waals surface area contributed by atoms with Gasteiger partial charge >= 0.3 is 0 Å². The molecule has 1 atom stereocenters. The van der Waals surface area contributed by atoms with E-state index in [1.807, 2.05) is 0 Å². The Morgan fingerprint density at radius 3 is 2.35 bits per heavy atom. The van der Waals surface area contributed by atoms with E-state index in [2.05, 4.69) is 15.6 Å². The van der Waals surface area contributed by atoms with Crippen LogP contribution in [0, 0.1) is 11.7 Å². The van der Waals surface area contributed by atoms with E-state index in [4.69, 9.17) is 0 Å². The largest absolute Gasteiger partial charge is 0.350 e. The maximum atomic E-state index is 13.1. The number of carbonyl (C=O) groups is 2. The van der Waals surface area contributed by atoms with Gasteiger partial charge in [0.15, 0.2) is 0 Å². The molecule has 166 valence electrons. The van der Waals surface area contributed by atoms with Crippen molar-refractivity contribution in [2.24, 2.45) is 5.92 Å². The molecule has 1 aromatic heterocycles. The number of nitrogens with zero attached hydrogens (tertiary/aromatic N) is 2. The van der Waals surface area contributed by atoms with E-state index in [0.29, 0.717) is 19.4 Å². The highest BCUT2D eigenvalue weighted by Gasteiger charge is 2.32. The van der Waals surface area contributed by atoms with Gasteiger partial charge in [0, 0.05) is 37.9 Å². The van der Waals surface area contributed by atoms with Gasteiger partial charge in [-0.25, -0.2) is 12.8 Å². The standard InChI is InChI=1S/C21H25FN4O4S/c1-15(20(27)24-14-16-6-10-23-11-7-16)25-21(28)17-8-12-26(13-9-17)31(29,30)19-4-2-18(22)3-5-19/h2-7,10-11,15,17H,8-9,12-14H2,1H3,(H,24,27)(H,25,28)/t15-/m0/s1. The first-order chi connectivity index (χ1) is 14.8. The third-order valence-electron chi connectivity index (χ3n) is 5.24. The van der Waals surface area contributed by atoms with Gasteiger partial charge in [-0.2, -0.15) is 4.31 Å². The number of hydrogen-bond acceptors (Lipinski definition) is 5. The number of nitrogens with one attached hydrogen (secondary N) is 2. The Morgan fingerprint density at radius 2 is 1.74 bits per heavy atom. The van der Waals surface area contributed by atoms with Crippen molar-refractivity contribution in [1.82, 2.24) is 19.9 Å². The number of amides is 2. The molecule has 31 heavy (non-hydrogen) atoms. The molecule has 1 aliphatic heterocycles. The summed E-state index contributed by atoms with van der Waals surface area (Å²) in [4.78, 5) is 28.7. The minimum atomic E-state index is -3.73. The molecular formula is C21H25FN4O4S. The molecule has 2 N–H and O–H groups in total. The monoisotopic (exact) mass is 448 g/mol. The average molecular weight is 449 g/mol. The molecule has 2 heterocycles. The number of sulfonamides is 1. The van der Waals surface area contributed by atoms with Gasteiger partial charge in [-0.1, -0.05) is 0 Å². The maximum Gasteiger partial charge on any atom is 0.243 e. The number of piperidine rings is 1. The summed E-state index contributed by atoms with van der Waals surface area (Å²) in [5.41, 5.74) is 0.900. The van der Waals surface area contributed by atoms with Gasteiger partial charge in [0.05, 0.1) is 4.90 Å². The smallest absolute Gasteiger partial charge is 0.243 e. The number of halogens is 1. The van der Waals surface area contributed by atoms with Crippen LogP contribution in [0.5, 0.6) is 0 Å². The third-order valence-corrected chi connectivity index (χ3v) is 7.16. The first-order valence-electron chi connectivity index (χ1n) is 10.00. The normalized spacial score (nSPS) is 16.5. The molecule has 0 bridgehead atoms. The highest BCUT2D eigenvalue weighted by molar-refractivity contribution is 7.89. The number of pyridine rings is 1. The van der Waals surface area contributed by atoms with Gasteiger partial charge in [-0.3, -0.25) is 14.6 Å². The lowest BCUT2D eigenvalue weighted by Gasteiger charge is -2.31. The van der Waals surface area contributed by atoms with Gasteiger partial charge in [-0.05, 0) is 61.7 Å². The molecule has 10 heteroatoms. The number of hydrogen-bond donors (Lipinski definition) is 2. The first kappa shape index (κ1) is 22.8. The molecule has 1 aliphatic rings. The van der Waals surface area contributed by atoms with Crippen LogP contribution in [-0.4, -0.2) is 48.7 Å². The molecule has 0 aliphatic carbocycles. The van der Waals surface area contributed by atoms with E-state index in [1.165, 1.54) is 16.4 Å². The minimum absolute atomic E-state index is 0.0243. The van der Waals surface area contributed by atoms with Gasteiger partial charge in [-0.15, -0.1) is 0 Å². The summed E-state index contributed by atoms with van der Waals surface area (Å²) in [5, 5.41) is 5.46. The lowest BCUT2D eigenvalue weighted by Crippen LogP contribution is -2.49. The van der Waals surface area contributed by atoms with Crippen molar-refractivity contribution >= 4 is 21.8 Å². The fourth-order valence-electron chi connectivity index (χ4n) is 3.35. The summed E-state index contributed by atoms with van der Waals surface area (Å²) < 4.78 is 39.7. The van der Waals surface area contributed by atoms with Crippen LogP contribution in [-0.2, 0) is 26.2 Å². The quantitative estimate of drug-likeness (QED) is 0.666. The predicted molar refractivity (Wildman–Crippen MR) is 112 cm³/mol. The molecule has 0 radical (unpaired) electrons. The maximum absolute atomic E-state index is 13.1. The van der Waals surface area contributed by atoms with Crippen LogP contribution in [0.15, 0.2) is 53.7 Å². The topological polar surface area (TPSA) is 108 Å². The van der Waals surface area contributed by atoms with E-state index in [0.717, 1.165) is 17.7 Å². The number of carbonyl (C=O) groups excluding carboxylic acids is 2. The second-order valence-corrected chi connectivity index (χ2v) is 9.37. The highest BCUT2D eigenvalue weighted by atomic mass is 32.2. The van der Waals surface area contributed by atoms with Crippen molar-refractivity contribution in [2.45, 2.75) is 37.2 Å². The van der Waals surface area contributed by atoms with Crippen molar-refractivity contribution in [3.05, 3.63) is 60.2 Å². The molecule has 1 fully saturated rings. The predicted octanol–water partition coefficient (Wildman–Crippen LogP) is 1.44. The van der Waals surface area contributed by atoms with Gasteiger partial charge < -0.3 is 10.6 Å². The van der Waals surface area contributed by atoms with Gasteiger partial charge in [0.2, 0.25) is 21.8 Å². The lowest BCUT2D eigenvalue weighted by atomic mass is 9.97. The fourth-order valence-corrected chi connectivity index (χ4v) is 4.82. The Balaban J connectivity index is 1.48. The second kappa shape index (κ2) is 9.97. The third kappa shape index (κ3) is 5.86. The van der Waals surface area contributed by atoms with Crippen LogP contribution in [0.25, 0.3) is 0 Å². The molecule has 3 rings (SSSR count). The highest BCUT2D eigenvalue weighted by Crippen LogP contribution is 2.24. The molecule has 8 nitrogen and oxygen atoms in total. The average Bonchev–Trinajstić information content (AvgIpc) is 2.78. The Hall–Kier alpha value is -2.85. The lowest BCUT2D eigenvalue weighted by molar-refractivity contribution is -0.131. The summed E-state index contributed by atoms with van der Waals surface area (Å²) in [5.74, 6) is -1.46. The molecule has 0 saturated carbocycles. The molecule has 0 spiro atoms. The van der Waals surface area contributed by atoms with Crippen molar-refractivity contribution < 1.29 is 22.4 Å². The number of aromatic nitrogens is 1. The van der Waals surface area contributed by atoms with Crippen LogP contribution in [0.3, 0.4) is 0 Å². The summed E-state index contributed by atoms with van der Waals surface area (Å²) in [7, 11) is -3.73. The van der Waals surface area contributed by atoms with Gasteiger partial charge in [0.1, 0.15) is 11.9 Å². The van der Waals surface area contributed by atoms with Crippen molar-refractivity contribution in [1.29, 1.82) is 0 Å². The van der Waals surface area contributed by atoms with Crippen LogP contribution in [0.2, 0.25) is 0 Å². The van der Waals surface area contributed by atoms with E-state index in [9.17, 15) is 22.4 Å². The Labute approximate surface area is 180 Å². The number of rotatable bonds is 7. The summed E-state index contributed by atoms with van der Waals surface area (Å²) in [6.45, 7) is 2.30. The van der Waals surface area contributed by atoms with E-state index in [1.54, 1.807) is 31.5 Å². The van der Waals surface area contributed by atoms with E-state index >= 15 is 0 Å². The Kier molecular flexibility index (Phi) is 7.34. The van der Waals surface area contributed by atoms with Gasteiger partial charge in [0.25, 0.3) is 0 Å². The molecule has 1 aromatic carbocycles. The Morgan fingerprint density at radius 1 is 1.13 bits per heavy atom. The van der Waals surface area contributed by atoms with Crippen molar-refractivity contribution in [3.8, 4) is 0 Å². The minimum Gasteiger partial charge on any atom is -0.350 e. The second-order valence-electron chi connectivity index (χ2n) is 7.44. The zero-order valence-electron chi connectivity index (χ0n) is 17.1. The van der Waals surface area contributed by atoms with Crippen LogP contribution < -0.4 is 10.6 Å². The Bertz CT molecular complexity index is 1010. The molecule has 2 amide bonds. The van der Waals surface area contributed by atoms with Crippen LogP contribution in [0.4, 0.5) is 4.39 Å². The van der Waals surface area contributed by atoms with Crippen LogP contribution in [0.1, 0.15) is 25.3 Å². The molecule has 1 saturated heterocycles. The SMILES string of the molecule is C[C@H](NC(=O)C1CCN(S(=O)(=O)c2ccc(F)cc2)CC1)C(=O)NCc1ccncc1. The van der Waals surface area contributed by atoms with Crippen molar-refractivity contribution in [2.75, 3.05) is 13.1 Å². The molecule has 0 unspecified atom stereocenters. The fraction of sp³-hybridized carbons (Fsp3) is 0.381. The number of benzene rings is 1. The zero-order chi connectivity index (χ0) is 22.4. The van der Waals surface area contributed by atoms with Crippen molar-refractivity contribution in [3.63, 3.8) is 0 Å². The van der Waals surface area contributed by atoms with Crippen LogP contribution >= 0.6 is 0 Å². The molecule has 2 aromatic rings. The van der Waals surface area contributed by atoms with E-state index in [-0.39, 0.29) is 35.7 Å². The summed E-state index contributed by atoms with van der Waals surface area (Å²) >= 11 is 0. The van der Waals surface area contributed by atoms with E-state index < -0.39 is 21.9 Å². The summed E-state index contributed by atoms with van der Waals surface area (Å²) in [6, 6.07) is 7.54.